The number of carbonyl (C=O) groups excluding carboxylic acids is 1. The predicted molar refractivity (Wildman–Crippen MR) is 93.0 cm³/mol. The van der Waals surface area contributed by atoms with E-state index < -0.39 is 39.1 Å². The topological polar surface area (TPSA) is 75.7 Å². The maximum Gasteiger partial charge on any atom is 0.416 e. The number of benzene rings is 2. The SMILES string of the molecule is COc1ccccc1N(C)C(=O)CNS(=O)(=O)c1cccc(C(F)(F)F)c1. The molecule has 0 fully saturated rings. The van der Waals surface area contributed by atoms with Crippen LogP contribution in [0.4, 0.5) is 18.9 Å². The molecule has 0 radical (unpaired) electrons. The lowest BCUT2D eigenvalue weighted by Gasteiger charge is -2.20. The lowest BCUT2D eigenvalue weighted by atomic mass is 10.2. The molecule has 0 atom stereocenters. The molecule has 2 aromatic carbocycles. The molecule has 0 aromatic heterocycles. The summed E-state index contributed by atoms with van der Waals surface area (Å²) in [4.78, 5) is 12.9. The molecule has 0 unspecified atom stereocenters. The molecule has 146 valence electrons. The number of hydrogen-bond acceptors (Lipinski definition) is 4. The van der Waals surface area contributed by atoms with Crippen LogP contribution in [-0.4, -0.2) is 35.0 Å². The summed E-state index contributed by atoms with van der Waals surface area (Å²) in [5, 5.41) is 0. The van der Waals surface area contributed by atoms with Gasteiger partial charge in [0.1, 0.15) is 5.75 Å². The third kappa shape index (κ3) is 4.98. The van der Waals surface area contributed by atoms with E-state index in [4.69, 9.17) is 4.74 Å². The molecule has 2 aromatic rings. The largest absolute Gasteiger partial charge is 0.495 e. The number of hydrogen-bond donors (Lipinski definition) is 1. The zero-order valence-corrected chi connectivity index (χ0v) is 15.3. The lowest BCUT2D eigenvalue weighted by molar-refractivity contribution is -0.137. The van der Waals surface area contributed by atoms with Crippen molar-refractivity contribution in [2.45, 2.75) is 11.1 Å². The number of nitrogens with zero attached hydrogens (tertiary/aromatic N) is 1. The normalized spacial score (nSPS) is 11.9. The average molecular weight is 402 g/mol. The Bertz CT molecular complexity index is 930. The van der Waals surface area contributed by atoms with Crippen molar-refractivity contribution in [1.29, 1.82) is 0 Å². The van der Waals surface area contributed by atoms with Gasteiger partial charge in [-0.3, -0.25) is 4.79 Å². The van der Waals surface area contributed by atoms with E-state index in [0.717, 1.165) is 18.2 Å². The summed E-state index contributed by atoms with van der Waals surface area (Å²) in [6, 6.07) is 9.90. The number of para-hydroxylation sites is 2. The molecule has 0 saturated heterocycles. The highest BCUT2D eigenvalue weighted by Gasteiger charge is 2.31. The first-order valence-corrected chi connectivity index (χ1v) is 9.11. The molecule has 0 saturated carbocycles. The second kappa shape index (κ2) is 7.97. The number of methoxy groups -OCH3 is 1. The fourth-order valence-electron chi connectivity index (χ4n) is 2.24. The van der Waals surface area contributed by atoms with E-state index >= 15 is 0 Å². The number of carbonyl (C=O) groups is 1. The van der Waals surface area contributed by atoms with Crippen molar-refractivity contribution < 1.29 is 31.1 Å². The Morgan fingerprint density at radius 1 is 1.15 bits per heavy atom. The van der Waals surface area contributed by atoms with Crippen LogP contribution in [0.25, 0.3) is 0 Å². The molecule has 0 aliphatic carbocycles. The fraction of sp³-hybridized carbons (Fsp3) is 0.235. The Labute approximate surface area is 154 Å². The first kappa shape index (κ1) is 20.7. The van der Waals surface area contributed by atoms with Crippen LogP contribution in [0.5, 0.6) is 5.75 Å². The van der Waals surface area contributed by atoms with E-state index in [1.165, 1.54) is 19.1 Å². The summed E-state index contributed by atoms with van der Waals surface area (Å²) in [6.45, 7) is -0.632. The van der Waals surface area contributed by atoms with Gasteiger partial charge in [-0.2, -0.15) is 13.2 Å². The number of amides is 1. The summed E-state index contributed by atoms with van der Waals surface area (Å²) >= 11 is 0. The van der Waals surface area contributed by atoms with Crippen molar-refractivity contribution in [3.8, 4) is 5.75 Å². The van der Waals surface area contributed by atoms with E-state index in [1.807, 2.05) is 4.72 Å². The van der Waals surface area contributed by atoms with Gasteiger partial charge in [0.25, 0.3) is 0 Å². The Morgan fingerprint density at radius 3 is 2.44 bits per heavy atom. The summed E-state index contributed by atoms with van der Waals surface area (Å²) in [5.41, 5.74) is -0.675. The highest BCUT2D eigenvalue weighted by Crippen LogP contribution is 2.30. The van der Waals surface area contributed by atoms with Gasteiger partial charge in [-0.05, 0) is 30.3 Å². The number of likely N-dealkylation sites (N-methyl/N-ethyl adjacent to an activating group) is 1. The van der Waals surface area contributed by atoms with Gasteiger partial charge in [-0.15, -0.1) is 0 Å². The van der Waals surface area contributed by atoms with Crippen molar-refractivity contribution in [1.82, 2.24) is 4.72 Å². The number of sulfonamides is 1. The first-order valence-electron chi connectivity index (χ1n) is 7.63. The van der Waals surface area contributed by atoms with Gasteiger partial charge in [0.15, 0.2) is 0 Å². The number of halogens is 3. The zero-order chi connectivity index (χ0) is 20.2. The Morgan fingerprint density at radius 2 is 1.81 bits per heavy atom. The highest BCUT2D eigenvalue weighted by molar-refractivity contribution is 7.89. The van der Waals surface area contributed by atoms with Crippen molar-refractivity contribution in [2.24, 2.45) is 0 Å². The average Bonchev–Trinajstić information content (AvgIpc) is 2.65. The molecular weight excluding hydrogens is 385 g/mol. The van der Waals surface area contributed by atoms with Crippen molar-refractivity contribution in [3.05, 3.63) is 54.1 Å². The molecule has 6 nitrogen and oxygen atoms in total. The molecule has 0 aliphatic heterocycles. The Hall–Kier alpha value is -2.59. The molecule has 1 N–H and O–H groups in total. The summed E-state index contributed by atoms with van der Waals surface area (Å²) in [6.07, 6.45) is -4.68. The monoisotopic (exact) mass is 402 g/mol. The zero-order valence-electron chi connectivity index (χ0n) is 14.4. The second-order valence-electron chi connectivity index (χ2n) is 5.47. The number of alkyl halides is 3. The molecule has 10 heteroatoms. The van der Waals surface area contributed by atoms with Crippen molar-refractivity contribution >= 4 is 21.6 Å². The number of ether oxygens (including phenoxy) is 1. The van der Waals surface area contributed by atoms with Gasteiger partial charge in [0, 0.05) is 7.05 Å². The fourth-order valence-corrected chi connectivity index (χ4v) is 3.26. The quantitative estimate of drug-likeness (QED) is 0.806. The molecule has 0 heterocycles. The van der Waals surface area contributed by atoms with Gasteiger partial charge in [0.2, 0.25) is 15.9 Å². The summed E-state index contributed by atoms with van der Waals surface area (Å²) in [5.74, 6) is -0.205. The van der Waals surface area contributed by atoms with E-state index in [1.54, 1.807) is 24.3 Å². The minimum Gasteiger partial charge on any atom is -0.495 e. The number of rotatable bonds is 6. The highest BCUT2D eigenvalue weighted by atomic mass is 32.2. The van der Waals surface area contributed by atoms with Crippen LogP contribution in [0.2, 0.25) is 0 Å². The van der Waals surface area contributed by atoms with Gasteiger partial charge in [0.05, 0.1) is 29.8 Å². The molecule has 0 spiro atoms. The van der Waals surface area contributed by atoms with E-state index in [2.05, 4.69) is 0 Å². The summed E-state index contributed by atoms with van der Waals surface area (Å²) < 4.78 is 69.8. The Kier molecular flexibility index (Phi) is 6.11. The van der Waals surface area contributed by atoms with Crippen LogP contribution >= 0.6 is 0 Å². The first-order chi connectivity index (χ1) is 12.6. The third-order valence-electron chi connectivity index (χ3n) is 3.71. The smallest absolute Gasteiger partial charge is 0.416 e. The number of anilines is 1. The minimum absolute atomic E-state index is 0.411. The maximum atomic E-state index is 12.7. The maximum absolute atomic E-state index is 12.7. The van der Waals surface area contributed by atoms with Crippen LogP contribution in [-0.2, 0) is 21.0 Å². The van der Waals surface area contributed by atoms with Gasteiger partial charge >= 0.3 is 6.18 Å². The Balaban J connectivity index is 2.14. The van der Waals surface area contributed by atoms with Crippen LogP contribution in [0, 0.1) is 0 Å². The summed E-state index contributed by atoms with van der Waals surface area (Å²) in [7, 11) is -1.44. The molecule has 27 heavy (non-hydrogen) atoms. The van der Waals surface area contributed by atoms with Crippen molar-refractivity contribution in [2.75, 3.05) is 25.6 Å². The van der Waals surface area contributed by atoms with Crippen LogP contribution < -0.4 is 14.4 Å². The molecular formula is C17H17F3N2O4S. The third-order valence-corrected chi connectivity index (χ3v) is 5.10. The molecule has 2 rings (SSSR count). The van der Waals surface area contributed by atoms with E-state index in [0.29, 0.717) is 17.5 Å². The van der Waals surface area contributed by atoms with Gasteiger partial charge in [-0.25, -0.2) is 13.1 Å². The molecule has 0 bridgehead atoms. The number of nitrogens with one attached hydrogen (secondary N) is 1. The van der Waals surface area contributed by atoms with Crippen LogP contribution in [0.3, 0.4) is 0 Å². The van der Waals surface area contributed by atoms with E-state index in [9.17, 15) is 26.4 Å². The van der Waals surface area contributed by atoms with E-state index in [-0.39, 0.29) is 0 Å². The second-order valence-corrected chi connectivity index (χ2v) is 7.24. The predicted octanol–water partition coefficient (Wildman–Crippen LogP) is 2.66. The van der Waals surface area contributed by atoms with Gasteiger partial charge in [-0.1, -0.05) is 18.2 Å². The minimum atomic E-state index is -4.68. The lowest BCUT2D eigenvalue weighted by Crippen LogP contribution is -2.38. The van der Waals surface area contributed by atoms with Crippen LogP contribution in [0.1, 0.15) is 5.56 Å². The molecule has 0 aliphatic rings. The molecule has 1 amide bonds. The van der Waals surface area contributed by atoms with Crippen molar-refractivity contribution in [3.63, 3.8) is 0 Å². The standard InChI is InChI=1S/C17H17F3N2O4S/c1-22(14-8-3-4-9-15(14)26-2)16(23)11-21-27(24,25)13-7-5-6-12(10-13)17(18,19)20/h3-10,21H,11H2,1-2H3. The van der Waals surface area contributed by atoms with Crippen LogP contribution in [0.15, 0.2) is 53.4 Å². The van der Waals surface area contributed by atoms with Gasteiger partial charge < -0.3 is 9.64 Å².